The van der Waals surface area contributed by atoms with Crippen molar-refractivity contribution in [2.24, 2.45) is 0 Å². The maximum atomic E-state index is 5.22. The molecule has 158 valence electrons. The zero-order valence-corrected chi connectivity index (χ0v) is 18.3. The first-order chi connectivity index (χ1) is 16.9. The van der Waals surface area contributed by atoms with E-state index in [1.807, 2.05) is 30.3 Å². The Kier molecular flexibility index (Phi) is 4.15. The molecule has 2 heterocycles. The predicted octanol–water partition coefficient (Wildman–Crippen LogP) is 7.77. The summed E-state index contributed by atoms with van der Waals surface area (Å²) in [6.45, 7) is 0. The fraction of sp³-hybridized carbons (Fsp3) is 0. The predicted molar refractivity (Wildman–Crippen MR) is 140 cm³/mol. The minimum atomic E-state index is 0.746. The Bertz CT molecular complexity index is 1670. The maximum Gasteiger partial charge on any atom is 0.160 e. The topological polar surface area (TPSA) is 38.7 Å². The van der Waals surface area contributed by atoms with Crippen molar-refractivity contribution in [2.75, 3.05) is 0 Å². The van der Waals surface area contributed by atoms with Crippen LogP contribution in [0, 0.1) is 0 Å². The molecule has 0 fully saturated rings. The van der Waals surface area contributed by atoms with E-state index in [4.69, 9.17) is 15.0 Å². The quantitative estimate of drug-likeness (QED) is 0.267. The van der Waals surface area contributed by atoms with Gasteiger partial charge in [-0.05, 0) is 24.3 Å². The van der Waals surface area contributed by atoms with Gasteiger partial charge >= 0.3 is 0 Å². The molecule has 2 aromatic heterocycles. The molecule has 0 aliphatic carbocycles. The van der Waals surface area contributed by atoms with E-state index in [9.17, 15) is 0 Å². The Labute approximate surface area is 196 Å². The van der Waals surface area contributed by atoms with Crippen LogP contribution in [0.4, 0.5) is 0 Å². The first-order valence-electron chi connectivity index (χ1n) is 11.4. The van der Waals surface area contributed by atoms with Gasteiger partial charge in [0.15, 0.2) is 5.82 Å². The van der Waals surface area contributed by atoms with E-state index in [-0.39, 0.29) is 0 Å². The number of hydrogen-bond donors (Lipinski definition) is 0. The Morgan fingerprint density at radius 1 is 0.353 bits per heavy atom. The molecule has 0 atom stereocenters. The average Bonchev–Trinajstić information content (AvgIpc) is 2.92. The third-order valence-corrected chi connectivity index (χ3v) is 6.43. The summed E-state index contributed by atoms with van der Waals surface area (Å²) in [6, 6.07) is 39.5. The summed E-state index contributed by atoms with van der Waals surface area (Å²) in [4.78, 5) is 15.2. The van der Waals surface area contributed by atoms with Gasteiger partial charge in [0.1, 0.15) is 0 Å². The summed E-state index contributed by atoms with van der Waals surface area (Å²) < 4.78 is 0. The summed E-state index contributed by atoms with van der Waals surface area (Å²) in [7, 11) is 0. The van der Waals surface area contributed by atoms with Crippen LogP contribution in [0.25, 0.3) is 66.5 Å². The lowest BCUT2D eigenvalue weighted by Crippen LogP contribution is -1.98. The Morgan fingerprint density at radius 3 is 1.26 bits per heavy atom. The van der Waals surface area contributed by atoms with Crippen LogP contribution in [0.3, 0.4) is 0 Å². The van der Waals surface area contributed by atoms with Crippen LogP contribution in [-0.2, 0) is 0 Å². The summed E-state index contributed by atoms with van der Waals surface area (Å²) in [5.41, 5.74) is 7.08. The molecule has 0 unspecified atom stereocenters. The van der Waals surface area contributed by atoms with Gasteiger partial charge in [-0.3, -0.25) is 0 Å². The number of nitrogens with zero attached hydrogens (tertiary/aromatic N) is 3. The Hall–Kier alpha value is -4.63. The number of rotatable bonds is 3. The molecule has 0 bridgehead atoms. The second-order valence-electron chi connectivity index (χ2n) is 8.47. The minimum absolute atomic E-state index is 0.746. The highest BCUT2D eigenvalue weighted by atomic mass is 14.9. The molecule has 0 N–H and O–H groups in total. The van der Waals surface area contributed by atoms with Crippen molar-refractivity contribution >= 4 is 32.6 Å². The van der Waals surface area contributed by atoms with Gasteiger partial charge < -0.3 is 0 Å². The average molecular weight is 434 g/mol. The molecule has 0 aliphatic rings. The van der Waals surface area contributed by atoms with Crippen molar-refractivity contribution in [3.63, 3.8) is 0 Å². The number of hydrogen-bond acceptors (Lipinski definition) is 3. The normalized spacial score (nSPS) is 11.5. The second kappa shape index (κ2) is 7.46. The molecule has 0 saturated carbocycles. The molecule has 0 saturated heterocycles. The van der Waals surface area contributed by atoms with Gasteiger partial charge in [0.25, 0.3) is 0 Å². The van der Waals surface area contributed by atoms with Crippen LogP contribution in [0.2, 0.25) is 0 Å². The molecule has 7 rings (SSSR count). The first-order valence-corrected chi connectivity index (χ1v) is 11.4. The molecule has 34 heavy (non-hydrogen) atoms. The molecule has 0 amide bonds. The van der Waals surface area contributed by atoms with E-state index in [0.29, 0.717) is 0 Å². The third-order valence-electron chi connectivity index (χ3n) is 6.43. The van der Waals surface area contributed by atoms with Crippen LogP contribution in [-0.4, -0.2) is 15.0 Å². The van der Waals surface area contributed by atoms with Crippen molar-refractivity contribution in [1.29, 1.82) is 0 Å². The largest absolute Gasteiger partial charge is 0.246 e. The number of benzene rings is 5. The zero-order chi connectivity index (χ0) is 22.5. The molecule has 5 aromatic carbocycles. The van der Waals surface area contributed by atoms with Crippen molar-refractivity contribution in [3.8, 4) is 33.9 Å². The summed E-state index contributed by atoms with van der Waals surface area (Å²) >= 11 is 0. The smallest absolute Gasteiger partial charge is 0.160 e. The SMILES string of the molecule is c1ccc(-c2nc3ccc4c(-c5ccccc5)nc(-c5ccccc5)c5ccc(n2)c3c45)cc1. The fourth-order valence-corrected chi connectivity index (χ4v) is 4.87. The molecule has 7 aromatic rings. The van der Waals surface area contributed by atoms with Crippen LogP contribution < -0.4 is 0 Å². The highest BCUT2D eigenvalue weighted by Gasteiger charge is 2.19. The van der Waals surface area contributed by atoms with Gasteiger partial charge in [0.2, 0.25) is 0 Å². The molecule has 3 nitrogen and oxygen atoms in total. The van der Waals surface area contributed by atoms with Crippen LogP contribution in [0.5, 0.6) is 0 Å². The molecule has 3 heteroatoms. The molecule has 0 radical (unpaired) electrons. The molecule has 0 spiro atoms. The lowest BCUT2D eigenvalue weighted by Gasteiger charge is -2.17. The van der Waals surface area contributed by atoms with Crippen molar-refractivity contribution < 1.29 is 0 Å². The van der Waals surface area contributed by atoms with Gasteiger partial charge in [0.05, 0.1) is 22.4 Å². The van der Waals surface area contributed by atoms with Gasteiger partial charge in [-0.2, -0.15) is 0 Å². The third kappa shape index (κ3) is 2.87. The Balaban J connectivity index is 1.62. The van der Waals surface area contributed by atoms with Crippen molar-refractivity contribution in [3.05, 3.63) is 115 Å². The molecular formula is C31H19N3. The van der Waals surface area contributed by atoms with E-state index in [1.165, 1.54) is 5.39 Å². The zero-order valence-electron chi connectivity index (χ0n) is 18.3. The molecule has 0 aliphatic heterocycles. The highest BCUT2D eigenvalue weighted by molar-refractivity contribution is 6.26. The van der Waals surface area contributed by atoms with E-state index >= 15 is 0 Å². The van der Waals surface area contributed by atoms with Gasteiger partial charge in [-0.25, -0.2) is 15.0 Å². The van der Waals surface area contributed by atoms with Gasteiger partial charge in [-0.1, -0.05) is 91.0 Å². The number of aromatic nitrogens is 3. The standard InChI is InChI=1S/C31H19N3/c1-4-10-20(11-5-1)29-23-16-18-25-28-26(33-31(32-25)22-14-8-3-9-15-22)19-17-24(27(23)28)30(34-29)21-12-6-2-7-13-21/h1-19H. The summed E-state index contributed by atoms with van der Waals surface area (Å²) in [6.07, 6.45) is 0. The van der Waals surface area contributed by atoms with Crippen molar-refractivity contribution in [2.45, 2.75) is 0 Å². The summed E-state index contributed by atoms with van der Waals surface area (Å²) in [5, 5.41) is 4.50. The van der Waals surface area contributed by atoms with Gasteiger partial charge in [-0.15, -0.1) is 0 Å². The Morgan fingerprint density at radius 2 is 0.794 bits per heavy atom. The first kappa shape index (κ1) is 18.9. The number of pyridine rings is 1. The second-order valence-corrected chi connectivity index (χ2v) is 8.47. The minimum Gasteiger partial charge on any atom is -0.246 e. The van der Waals surface area contributed by atoms with Crippen molar-refractivity contribution in [1.82, 2.24) is 15.0 Å². The van der Waals surface area contributed by atoms with E-state index in [0.717, 1.165) is 61.1 Å². The van der Waals surface area contributed by atoms with E-state index in [1.54, 1.807) is 0 Å². The lowest BCUT2D eigenvalue weighted by molar-refractivity contribution is 1.26. The monoisotopic (exact) mass is 433 g/mol. The van der Waals surface area contributed by atoms with Crippen LogP contribution >= 0.6 is 0 Å². The van der Waals surface area contributed by atoms with Gasteiger partial charge in [0, 0.05) is 38.2 Å². The lowest BCUT2D eigenvalue weighted by atomic mass is 9.93. The van der Waals surface area contributed by atoms with E-state index < -0.39 is 0 Å². The maximum absolute atomic E-state index is 5.22. The highest BCUT2D eigenvalue weighted by Crippen LogP contribution is 2.41. The summed E-state index contributed by atoms with van der Waals surface area (Å²) in [5.74, 6) is 0.746. The van der Waals surface area contributed by atoms with E-state index in [2.05, 4.69) is 84.9 Å². The van der Waals surface area contributed by atoms with Crippen LogP contribution in [0.1, 0.15) is 0 Å². The van der Waals surface area contributed by atoms with Crippen LogP contribution in [0.15, 0.2) is 115 Å². The molecular weight excluding hydrogens is 414 g/mol. The fourth-order valence-electron chi connectivity index (χ4n) is 4.87.